The minimum absolute atomic E-state index is 0.0223. The molecule has 1 aliphatic rings. The van der Waals surface area contributed by atoms with Gasteiger partial charge in [0.1, 0.15) is 30.5 Å². The summed E-state index contributed by atoms with van der Waals surface area (Å²) < 4.78 is 59.1. The van der Waals surface area contributed by atoms with E-state index in [1.165, 1.54) is 51.4 Å². The van der Waals surface area contributed by atoms with Gasteiger partial charge in [-0.3, -0.25) is 9.35 Å². The lowest BCUT2D eigenvalue weighted by Crippen LogP contribution is -2.60. The van der Waals surface area contributed by atoms with E-state index in [1.54, 1.807) is 0 Å². The summed E-state index contributed by atoms with van der Waals surface area (Å²) in [5.74, 6) is -0.418. The Morgan fingerprint density at radius 2 is 1.10 bits per heavy atom. The van der Waals surface area contributed by atoms with Crippen molar-refractivity contribution in [2.24, 2.45) is 0 Å². The molecule has 0 radical (unpaired) electrons. The maximum atomic E-state index is 12.9. The van der Waals surface area contributed by atoms with Crippen molar-refractivity contribution in [3.05, 3.63) is 72.9 Å². The Hall–Kier alpha value is -2.46. The Bertz CT molecular complexity index is 1370. The molecule has 1 fully saturated rings. The maximum Gasteiger partial charge on any atom is 0.397 e. The van der Waals surface area contributed by atoms with Crippen LogP contribution in [0.4, 0.5) is 0 Å². The van der Waals surface area contributed by atoms with E-state index < -0.39 is 59.8 Å². The van der Waals surface area contributed by atoms with Gasteiger partial charge in [-0.05, 0) is 77.0 Å². The van der Waals surface area contributed by atoms with Crippen molar-refractivity contribution in [2.45, 2.75) is 211 Å². The summed E-state index contributed by atoms with van der Waals surface area (Å²) in [4.78, 5) is 12.9. The molecule has 0 bridgehead atoms. The summed E-state index contributed by atoms with van der Waals surface area (Å²) >= 11 is 0. The Morgan fingerprint density at radius 3 is 1.60 bits per heavy atom. The summed E-state index contributed by atoms with van der Waals surface area (Å²) in [7, 11) is -5.07. The predicted octanol–water partition coefficient (Wildman–Crippen LogP) is 10.7. The third kappa shape index (κ3) is 34.5. The van der Waals surface area contributed by atoms with Gasteiger partial charge in [-0.15, -0.1) is 0 Å². The third-order valence-corrected chi connectivity index (χ3v) is 11.0. The van der Waals surface area contributed by atoms with Crippen LogP contribution >= 0.6 is 0 Å². The number of allylic oxidation sites excluding steroid dienone is 12. The van der Waals surface area contributed by atoms with Gasteiger partial charge in [-0.2, -0.15) is 8.42 Å². The first-order chi connectivity index (χ1) is 30.6. The van der Waals surface area contributed by atoms with E-state index in [0.717, 1.165) is 96.3 Å². The fraction of sp³-hybridized carbons (Fsp3) is 0.740. The van der Waals surface area contributed by atoms with Gasteiger partial charge >= 0.3 is 16.4 Å². The van der Waals surface area contributed by atoms with E-state index in [-0.39, 0.29) is 19.6 Å². The molecule has 12 nitrogen and oxygen atoms in total. The molecule has 6 atom stereocenters. The quantitative estimate of drug-likeness (QED) is 0.0198. The number of esters is 1. The summed E-state index contributed by atoms with van der Waals surface area (Å²) in [6.45, 7) is 3.79. The minimum atomic E-state index is -5.07. The van der Waals surface area contributed by atoms with Gasteiger partial charge in [0.15, 0.2) is 6.29 Å². The lowest BCUT2D eigenvalue weighted by atomic mass is 9.99. The third-order valence-electron chi connectivity index (χ3n) is 10.6. The highest BCUT2D eigenvalue weighted by Crippen LogP contribution is 2.26. The average Bonchev–Trinajstić information content (AvgIpc) is 3.26. The number of aliphatic hydroxyl groups excluding tert-OH is 3. The molecule has 0 aromatic heterocycles. The minimum Gasteiger partial charge on any atom is -0.457 e. The predicted molar refractivity (Wildman–Crippen MR) is 252 cm³/mol. The van der Waals surface area contributed by atoms with Crippen molar-refractivity contribution in [3.63, 3.8) is 0 Å². The number of carbonyl (C=O) groups excluding carboxylic acids is 1. The van der Waals surface area contributed by atoms with Crippen LogP contribution in [0.5, 0.6) is 0 Å². The van der Waals surface area contributed by atoms with Gasteiger partial charge in [-0.1, -0.05) is 164 Å². The summed E-state index contributed by atoms with van der Waals surface area (Å²) in [5, 5.41) is 30.7. The number of hydrogen-bond acceptors (Lipinski definition) is 11. The van der Waals surface area contributed by atoms with Crippen molar-refractivity contribution in [3.8, 4) is 0 Å². The van der Waals surface area contributed by atoms with Gasteiger partial charge in [0.25, 0.3) is 0 Å². The van der Waals surface area contributed by atoms with Crippen LogP contribution in [0.3, 0.4) is 0 Å². The molecule has 1 aliphatic heterocycles. The highest BCUT2D eigenvalue weighted by Gasteiger charge is 2.48. The van der Waals surface area contributed by atoms with Gasteiger partial charge in [0.2, 0.25) is 0 Å². The zero-order chi connectivity index (χ0) is 46.1. The molecule has 1 rings (SSSR count). The molecule has 1 saturated heterocycles. The molecule has 63 heavy (non-hydrogen) atoms. The van der Waals surface area contributed by atoms with E-state index in [0.29, 0.717) is 13.0 Å². The van der Waals surface area contributed by atoms with Crippen molar-refractivity contribution in [1.82, 2.24) is 0 Å². The molecule has 0 aliphatic carbocycles. The van der Waals surface area contributed by atoms with Gasteiger partial charge in [0, 0.05) is 13.0 Å². The number of unbranched alkanes of at least 4 members (excludes halogenated alkanes) is 16. The molecular formula is C50H86O12S. The van der Waals surface area contributed by atoms with Crippen LogP contribution in [0.25, 0.3) is 0 Å². The molecular weight excluding hydrogens is 825 g/mol. The van der Waals surface area contributed by atoms with E-state index in [4.69, 9.17) is 18.9 Å². The van der Waals surface area contributed by atoms with E-state index >= 15 is 0 Å². The number of aliphatic hydroxyl groups is 3. The maximum absolute atomic E-state index is 12.9. The molecule has 6 unspecified atom stereocenters. The molecule has 0 saturated carbocycles. The summed E-state index contributed by atoms with van der Waals surface area (Å²) in [6.07, 6.45) is 43.6. The molecule has 4 N–H and O–H groups in total. The van der Waals surface area contributed by atoms with Gasteiger partial charge in [-0.25, -0.2) is 4.18 Å². The number of carbonyl (C=O) groups is 1. The van der Waals surface area contributed by atoms with Crippen LogP contribution in [0.15, 0.2) is 72.9 Å². The number of rotatable bonds is 41. The van der Waals surface area contributed by atoms with Crippen molar-refractivity contribution < 1.29 is 56.2 Å². The molecule has 0 aromatic rings. The van der Waals surface area contributed by atoms with Crippen LogP contribution in [0.1, 0.15) is 174 Å². The van der Waals surface area contributed by atoms with Crippen molar-refractivity contribution in [1.29, 1.82) is 0 Å². The average molecular weight is 911 g/mol. The fourth-order valence-corrected chi connectivity index (χ4v) is 7.42. The van der Waals surface area contributed by atoms with Crippen LogP contribution in [0.2, 0.25) is 0 Å². The first kappa shape index (κ1) is 58.6. The van der Waals surface area contributed by atoms with Crippen LogP contribution in [-0.2, 0) is 38.3 Å². The van der Waals surface area contributed by atoms with Gasteiger partial charge in [0.05, 0.1) is 19.8 Å². The molecule has 0 spiro atoms. The van der Waals surface area contributed by atoms with E-state index in [9.17, 15) is 33.1 Å². The number of ether oxygens (including phenoxy) is 4. The topological polar surface area (TPSA) is 178 Å². The first-order valence-electron chi connectivity index (χ1n) is 24.2. The standard InChI is InChI=1S/C50H86O12S/c1-3-5-7-9-11-13-15-17-19-20-21-22-23-24-25-26-28-30-32-34-36-38-40-58-42-44(43-59-50-48(54)49(62-63(55,56)57)47(53)45(41-51)61-50)60-46(52)39-37-35-33-31-29-27-18-16-14-12-10-8-6-4-2/h5,7,10-13,16-19,21-22,44-45,47-51,53-54H,3-4,6,8-9,14-15,20,23-43H2,1-2H3,(H,55,56,57)/b7-5-,12-10-,13-11-,18-16-,19-17-,22-21-. The first-order valence-corrected chi connectivity index (χ1v) is 25.6. The monoisotopic (exact) mass is 911 g/mol. The SMILES string of the molecule is CC/C=C\C/C=C\C/C=C\C/C=C\CCCCCCCCCCCOCC(COC1OC(CO)C(O)C(OS(=O)(=O)O)C1O)OC(=O)CCCCCCC/C=C\C/C=C\CCCC. The zero-order valence-electron chi connectivity index (χ0n) is 38.9. The molecule has 0 amide bonds. The van der Waals surface area contributed by atoms with Crippen molar-refractivity contribution >= 4 is 16.4 Å². The highest BCUT2D eigenvalue weighted by molar-refractivity contribution is 7.80. The molecule has 364 valence electrons. The molecule has 1 heterocycles. The highest BCUT2D eigenvalue weighted by atomic mass is 32.3. The van der Waals surface area contributed by atoms with E-state index in [2.05, 4.69) is 90.9 Å². The summed E-state index contributed by atoms with van der Waals surface area (Å²) in [5.41, 5.74) is 0. The normalized spacial score (nSPS) is 20.5. The Balaban J connectivity index is 2.38. The zero-order valence-corrected chi connectivity index (χ0v) is 39.7. The second kappa shape index (κ2) is 41.0. The molecule has 0 aromatic carbocycles. The lowest BCUT2D eigenvalue weighted by molar-refractivity contribution is -0.301. The largest absolute Gasteiger partial charge is 0.457 e. The number of hydrogen-bond donors (Lipinski definition) is 4. The van der Waals surface area contributed by atoms with Crippen molar-refractivity contribution in [2.75, 3.05) is 26.4 Å². The van der Waals surface area contributed by atoms with Crippen LogP contribution < -0.4 is 0 Å². The lowest BCUT2D eigenvalue weighted by Gasteiger charge is -2.41. The van der Waals surface area contributed by atoms with E-state index in [1.807, 2.05) is 0 Å². The van der Waals surface area contributed by atoms with Gasteiger partial charge < -0.3 is 34.3 Å². The van der Waals surface area contributed by atoms with Crippen LogP contribution in [-0.4, -0.2) is 97.5 Å². The Kier molecular flexibility index (Phi) is 38.1. The second-order valence-corrected chi connectivity index (χ2v) is 17.4. The Labute approximate surface area is 381 Å². The smallest absolute Gasteiger partial charge is 0.397 e. The molecule has 13 heteroatoms. The fourth-order valence-electron chi connectivity index (χ4n) is 6.91. The summed E-state index contributed by atoms with van der Waals surface area (Å²) in [6, 6.07) is 0. The second-order valence-electron chi connectivity index (χ2n) is 16.3. The Morgan fingerprint density at radius 1 is 0.619 bits per heavy atom. The van der Waals surface area contributed by atoms with Crippen LogP contribution in [0, 0.1) is 0 Å².